The summed E-state index contributed by atoms with van der Waals surface area (Å²) in [4.78, 5) is 24.7. The van der Waals surface area contributed by atoms with E-state index in [0.717, 1.165) is 6.42 Å². The summed E-state index contributed by atoms with van der Waals surface area (Å²) in [7, 11) is 0. The van der Waals surface area contributed by atoms with Crippen molar-refractivity contribution < 1.29 is 14.0 Å². The zero-order chi connectivity index (χ0) is 16.1. The monoisotopic (exact) mass is 307 g/mol. The van der Waals surface area contributed by atoms with E-state index in [1.165, 1.54) is 16.0 Å². The van der Waals surface area contributed by atoms with Crippen LogP contribution in [0, 0.1) is 6.92 Å². The van der Waals surface area contributed by atoms with E-state index >= 15 is 0 Å². The first kappa shape index (κ1) is 16.4. The van der Waals surface area contributed by atoms with Crippen LogP contribution in [0.25, 0.3) is 0 Å². The number of carbonyl (C=O) groups is 2. The summed E-state index contributed by atoms with van der Waals surface area (Å²) in [6, 6.07) is 7.31. The lowest BCUT2D eigenvalue weighted by Gasteiger charge is -2.20. The molecule has 0 aliphatic carbocycles. The smallest absolute Gasteiger partial charge is 0.234 e. The van der Waals surface area contributed by atoms with Gasteiger partial charge in [0.25, 0.3) is 0 Å². The second-order valence-electron chi connectivity index (χ2n) is 5.71. The molecule has 22 heavy (non-hydrogen) atoms. The van der Waals surface area contributed by atoms with Crippen LogP contribution in [-0.2, 0) is 16.0 Å². The SMILES string of the molecule is Cc1ccccc1CCNC(=O)CN1C[C@H](F)C[C@H]1C(N)=O. The molecular weight excluding hydrogens is 285 g/mol. The van der Waals surface area contributed by atoms with Crippen molar-refractivity contribution in [2.24, 2.45) is 5.73 Å². The van der Waals surface area contributed by atoms with Crippen LogP contribution >= 0.6 is 0 Å². The van der Waals surface area contributed by atoms with Crippen LogP contribution < -0.4 is 11.1 Å². The van der Waals surface area contributed by atoms with Crippen LogP contribution in [0.5, 0.6) is 0 Å². The Morgan fingerprint density at radius 2 is 2.14 bits per heavy atom. The van der Waals surface area contributed by atoms with Crippen molar-refractivity contribution in [2.45, 2.75) is 32.0 Å². The molecule has 1 heterocycles. The summed E-state index contributed by atoms with van der Waals surface area (Å²) >= 11 is 0. The second kappa shape index (κ2) is 7.35. The molecule has 1 saturated heterocycles. The molecule has 6 heteroatoms. The van der Waals surface area contributed by atoms with Crippen molar-refractivity contribution in [1.29, 1.82) is 0 Å². The van der Waals surface area contributed by atoms with Crippen molar-refractivity contribution in [3.8, 4) is 0 Å². The molecule has 120 valence electrons. The number of nitrogens with zero attached hydrogens (tertiary/aromatic N) is 1. The molecule has 1 aromatic carbocycles. The van der Waals surface area contributed by atoms with Crippen molar-refractivity contribution in [3.05, 3.63) is 35.4 Å². The van der Waals surface area contributed by atoms with Crippen molar-refractivity contribution in [2.75, 3.05) is 19.6 Å². The van der Waals surface area contributed by atoms with E-state index < -0.39 is 18.1 Å². The molecular formula is C16H22FN3O2. The van der Waals surface area contributed by atoms with Gasteiger partial charge >= 0.3 is 0 Å². The number of halogens is 1. The Morgan fingerprint density at radius 1 is 1.41 bits per heavy atom. The van der Waals surface area contributed by atoms with E-state index in [1.54, 1.807) is 0 Å². The third-order valence-electron chi connectivity index (χ3n) is 4.01. The third kappa shape index (κ3) is 4.27. The van der Waals surface area contributed by atoms with Crippen LogP contribution in [0.3, 0.4) is 0 Å². The molecule has 1 aromatic rings. The summed E-state index contributed by atoms with van der Waals surface area (Å²) < 4.78 is 13.4. The quantitative estimate of drug-likeness (QED) is 0.806. The molecule has 0 radical (unpaired) electrons. The second-order valence-corrected chi connectivity index (χ2v) is 5.71. The third-order valence-corrected chi connectivity index (χ3v) is 4.01. The average molecular weight is 307 g/mol. The summed E-state index contributed by atoms with van der Waals surface area (Å²) in [5.41, 5.74) is 7.61. The van der Waals surface area contributed by atoms with E-state index in [-0.39, 0.29) is 25.4 Å². The molecule has 0 saturated carbocycles. The first-order valence-electron chi connectivity index (χ1n) is 7.46. The number of rotatable bonds is 6. The van der Waals surface area contributed by atoms with E-state index in [0.29, 0.717) is 6.54 Å². The fourth-order valence-corrected chi connectivity index (χ4v) is 2.79. The van der Waals surface area contributed by atoms with Crippen LogP contribution in [0.2, 0.25) is 0 Å². The number of carbonyl (C=O) groups excluding carboxylic acids is 2. The molecule has 2 atom stereocenters. The Morgan fingerprint density at radius 3 is 2.82 bits per heavy atom. The summed E-state index contributed by atoms with van der Waals surface area (Å²) in [6.45, 7) is 2.62. The van der Waals surface area contributed by atoms with Gasteiger partial charge in [-0.15, -0.1) is 0 Å². The number of nitrogens with two attached hydrogens (primary N) is 1. The van der Waals surface area contributed by atoms with Gasteiger partial charge in [0.1, 0.15) is 6.17 Å². The first-order valence-corrected chi connectivity index (χ1v) is 7.46. The number of hydrogen-bond acceptors (Lipinski definition) is 3. The number of alkyl halides is 1. The summed E-state index contributed by atoms with van der Waals surface area (Å²) in [5, 5.41) is 2.80. The van der Waals surface area contributed by atoms with E-state index in [1.807, 2.05) is 31.2 Å². The lowest BCUT2D eigenvalue weighted by molar-refractivity contribution is -0.125. The maximum absolute atomic E-state index is 13.4. The molecule has 0 spiro atoms. The first-order chi connectivity index (χ1) is 10.5. The summed E-state index contributed by atoms with van der Waals surface area (Å²) in [6.07, 6.45) is -0.285. The van der Waals surface area contributed by atoms with Gasteiger partial charge in [0.05, 0.1) is 12.6 Å². The molecule has 3 N–H and O–H groups in total. The number of benzene rings is 1. The molecule has 2 amide bonds. The minimum Gasteiger partial charge on any atom is -0.368 e. The molecule has 1 aliphatic rings. The fraction of sp³-hybridized carbons (Fsp3) is 0.500. The standard InChI is InChI=1S/C16H22FN3O2/c1-11-4-2-3-5-12(11)6-7-19-15(21)10-20-9-13(17)8-14(20)16(18)22/h2-5,13-14H,6-10H2,1H3,(H2,18,22)(H,19,21)/t13-,14+/m1/s1. The minimum atomic E-state index is -1.10. The van der Waals surface area contributed by atoms with Crippen LogP contribution in [0.4, 0.5) is 4.39 Å². The van der Waals surface area contributed by atoms with E-state index in [2.05, 4.69) is 5.32 Å². The Balaban J connectivity index is 1.78. The molecule has 0 unspecified atom stereocenters. The number of primary amides is 1. The van der Waals surface area contributed by atoms with Gasteiger partial charge in [0, 0.05) is 19.5 Å². The highest BCUT2D eigenvalue weighted by molar-refractivity contribution is 5.82. The lowest BCUT2D eigenvalue weighted by Crippen LogP contribution is -2.45. The van der Waals surface area contributed by atoms with Gasteiger partial charge in [-0.2, -0.15) is 0 Å². The Bertz CT molecular complexity index is 550. The topological polar surface area (TPSA) is 75.4 Å². The van der Waals surface area contributed by atoms with Gasteiger partial charge in [0.15, 0.2) is 0 Å². The van der Waals surface area contributed by atoms with Crippen LogP contribution in [0.15, 0.2) is 24.3 Å². The minimum absolute atomic E-state index is 0.00178. The van der Waals surface area contributed by atoms with Crippen molar-refractivity contribution in [1.82, 2.24) is 10.2 Å². The number of amides is 2. The summed E-state index contributed by atoms with van der Waals surface area (Å²) in [5.74, 6) is -0.790. The van der Waals surface area contributed by atoms with Gasteiger partial charge in [-0.25, -0.2) is 4.39 Å². The molecule has 2 rings (SSSR count). The predicted molar refractivity (Wildman–Crippen MR) is 82.0 cm³/mol. The molecule has 1 aliphatic heterocycles. The highest BCUT2D eigenvalue weighted by Gasteiger charge is 2.36. The predicted octanol–water partition coefficient (Wildman–Crippen LogP) is 0.551. The fourth-order valence-electron chi connectivity index (χ4n) is 2.79. The average Bonchev–Trinajstić information content (AvgIpc) is 2.82. The van der Waals surface area contributed by atoms with Crippen LogP contribution in [0.1, 0.15) is 17.5 Å². The largest absolute Gasteiger partial charge is 0.368 e. The maximum Gasteiger partial charge on any atom is 0.234 e. The molecule has 5 nitrogen and oxygen atoms in total. The van der Waals surface area contributed by atoms with Gasteiger partial charge in [0.2, 0.25) is 11.8 Å². The van der Waals surface area contributed by atoms with E-state index in [4.69, 9.17) is 5.73 Å². The Hall–Kier alpha value is -1.95. The van der Waals surface area contributed by atoms with Crippen LogP contribution in [-0.4, -0.2) is 48.6 Å². The highest BCUT2D eigenvalue weighted by atomic mass is 19.1. The normalized spacial score (nSPS) is 21.7. The van der Waals surface area contributed by atoms with Crippen molar-refractivity contribution in [3.63, 3.8) is 0 Å². The lowest BCUT2D eigenvalue weighted by atomic mass is 10.1. The van der Waals surface area contributed by atoms with Gasteiger partial charge in [-0.3, -0.25) is 14.5 Å². The maximum atomic E-state index is 13.4. The number of aryl methyl sites for hydroxylation is 1. The number of nitrogens with one attached hydrogen (secondary N) is 1. The van der Waals surface area contributed by atoms with Crippen molar-refractivity contribution >= 4 is 11.8 Å². The molecule has 0 aromatic heterocycles. The van der Waals surface area contributed by atoms with Gasteiger partial charge < -0.3 is 11.1 Å². The zero-order valence-electron chi connectivity index (χ0n) is 12.7. The van der Waals surface area contributed by atoms with Gasteiger partial charge in [-0.05, 0) is 24.5 Å². The number of hydrogen-bond donors (Lipinski definition) is 2. The zero-order valence-corrected chi connectivity index (χ0v) is 12.7. The highest BCUT2D eigenvalue weighted by Crippen LogP contribution is 2.19. The van der Waals surface area contributed by atoms with Gasteiger partial charge in [-0.1, -0.05) is 24.3 Å². The molecule has 1 fully saturated rings. The Kier molecular flexibility index (Phi) is 5.49. The number of likely N-dealkylation sites (tertiary alicyclic amines) is 1. The molecule has 0 bridgehead atoms. The van der Waals surface area contributed by atoms with E-state index in [9.17, 15) is 14.0 Å². The Labute approximate surface area is 129 Å².